The molecular formula is C24H20ClN3O4. The lowest BCUT2D eigenvalue weighted by Gasteiger charge is -2.28. The summed E-state index contributed by atoms with van der Waals surface area (Å²) in [6.07, 6.45) is 3.14. The van der Waals surface area contributed by atoms with Crippen LogP contribution in [-0.2, 0) is 16.1 Å². The van der Waals surface area contributed by atoms with Gasteiger partial charge in [0.25, 0.3) is 11.8 Å². The van der Waals surface area contributed by atoms with Crippen LogP contribution >= 0.6 is 11.6 Å². The van der Waals surface area contributed by atoms with Crippen molar-refractivity contribution in [3.63, 3.8) is 0 Å². The minimum absolute atomic E-state index is 0.114. The summed E-state index contributed by atoms with van der Waals surface area (Å²) >= 11 is 5.94. The van der Waals surface area contributed by atoms with E-state index in [4.69, 9.17) is 16.3 Å². The van der Waals surface area contributed by atoms with Crippen molar-refractivity contribution in [3.05, 3.63) is 89.2 Å². The van der Waals surface area contributed by atoms with Gasteiger partial charge in [0.2, 0.25) is 5.91 Å². The van der Waals surface area contributed by atoms with E-state index >= 15 is 0 Å². The molecule has 32 heavy (non-hydrogen) atoms. The Bertz CT molecular complexity index is 1150. The lowest BCUT2D eigenvalue weighted by molar-refractivity contribution is -0.122. The summed E-state index contributed by atoms with van der Waals surface area (Å²) in [5.74, 6) is -0.694. The maximum absolute atomic E-state index is 13.5. The maximum Gasteiger partial charge on any atom is 0.257 e. The van der Waals surface area contributed by atoms with Crippen molar-refractivity contribution < 1.29 is 19.1 Å². The van der Waals surface area contributed by atoms with Crippen molar-refractivity contribution in [1.29, 1.82) is 0 Å². The molecule has 1 atom stereocenters. The molecule has 0 saturated carbocycles. The van der Waals surface area contributed by atoms with E-state index < -0.39 is 11.9 Å². The van der Waals surface area contributed by atoms with Gasteiger partial charge in [0, 0.05) is 29.5 Å². The highest BCUT2D eigenvalue weighted by atomic mass is 35.5. The molecule has 1 fully saturated rings. The summed E-state index contributed by atoms with van der Waals surface area (Å²) in [4.78, 5) is 46.2. The maximum atomic E-state index is 13.5. The van der Waals surface area contributed by atoms with Crippen LogP contribution in [0.1, 0.15) is 22.3 Å². The van der Waals surface area contributed by atoms with Gasteiger partial charge in [0.15, 0.2) is 0 Å². The number of anilines is 1. The zero-order valence-electron chi connectivity index (χ0n) is 17.3. The molecule has 1 unspecified atom stereocenters. The largest absolute Gasteiger partial charge is 0.497 e. The first-order valence-corrected chi connectivity index (χ1v) is 10.3. The van der Waals surface area contributed by atoms with Gasteiger partial charge >= 0.3 is 0 Å². The molecule has 0 N–H and O–H groups in total. The summed E-state index contributed by atoms with van der Waals surface area (Å²) in [5, 5.41) is 0.496. The van der Waals surface area contributed by atoms with Crippen molar-refractivity contribution in [3.8, 4) is 5.75 Å². The highest BCUT2D eigenvalue weighted by Crippen LogP contribution is 2.29. The molecule has 1 aliphatic rings. The molecule has 0 bridgehead atoms. The number of ether oxygens (including phenoxy) is 1. The molecule has 1 aliphatic heterocycles. The van der Waals surface area contributed by atoms with Gasteiger partial charge < -0.3 is 9.64 Å². The number of carbonyl (C=O) groups is 3. The van der Waals surface area contributed by atoms with E-state index in [1.165, 1.54) is 12.0 Å². The molecular weight excluding hydrogens is 430 g/mol. The third-order valence-corrected chi connectivity index (χ3v) is 5.49. The van der Waals surface area contributed by atoms with Gasteiger partial charge in [-0.1, -0.05) is 23.7 Å². The fraction of sp³-hybridized carbons (Fsp3) is 0.167. The standard InChI is InChI=1S/C24H20ClN3O4/c1-32-20-6-2-5-17(12-20)23(30)27(15-16-4-3-11-26-14-16)21-13-22(29)28(24(21)31)19-9-7-18(25)8-10-19/h2-12,14,21H,13,15H2,1H3. The summed E-state index contributed by atoms with van der Waals surface area (Å²) in [6, 6.07) is 15.8. The fourth-order valence-electron chi connectivity index (χ4n) is 3.65. The van der Waals surface area contributed by atoms with Crippen LogP contribution in [0.15, 0.2) is 73.1 Å². The number of pyridine rings is 1. The van der Waals surface area contributed by atoms with Crippen molar-refractivity contribution in [2.45, 2.75) is 19.0 Å². The van der Waals surface area contributed by atoms with Gasteiger partial charge in [0.05, 0.1) is 19.2 Å². The third kappa shape index (κ3) is 4.33. The molecule has 3 amide bonds. The average Bonchev–Trinajstić information content (AvgIpc) is 3.12. The number of hydrogen-bond acceptors (Lipinski definition) is 5. The Hall–Kier alpha value is -3.71. The lowest BCUT2D eigenvalue weighted by atomic mass is 10.1. The van der Waals surface area contributed by atoms with Crippen molar-refractivity contribution in [2.75, 3.05) is 12.0 Å². The average molecular weight is 450 g/mol. The third-order valence-electron chi connectivity index (χ3n) is 5.24. The van der Waals surface area contributed by atoms with Crippen molar-refractivity contribution in [2.24, 2.45) is 0 Å². The van der Waals surface area contributed by atoms with Gasteiger partial charge in [-0.3, -0.25) is 19.4 Å². The number of halogens is 1. The van der Waals surface area contributed by atoms with Crippen LogP contribution in [0.5, 0.6) is 5.75 Å². The number of aromatic nitrogens is 1. The topological polar surface area (TPSA) is 79.8 Å². The fourth-order valence-corrected chi connectivity index (χ4v) is 3.78. The van der Waals surface area contributed by atoms with Crippen LogP contribution in [0.25, 0.3) is 0 Å². The summed E-state index contributed by atoms with van der Waals surface area (Å²) in [5.41, 5.74) is 1.52. The van der Waals surface area contributed by atoms with Crippen molar-refractivity contribution >= 4 is 35.0 Å². The minimum Gasteiger partial charge on any atom is -0.497 e. The van der Waals surface area contributed by atoms with Crippen LogP contribution in [0.4, 0.5) is 5.69 Å². The molecule has 8 heteroatoms. The number of rotatable bonds is 6. The molecule has 2 heterocycles. The van der Waals surface area contributed by atoms with Gasteiger partial charge in [-0.25, -0.2) is 4.90 Å². The number of imide groups is 1. The highest BCUT2D eigenvalue weighted by Gasteiger charge is 2.44. The second-order valence-electron chi connectivity index (χ2n) is 7.29. The molecule has 1 aromatic heterocycles. The normalized spacial score (nSPS) is 15.7. The van der Waals surface area contributed by atoms with Gasteiger partial charge in [-0.15, -0.1) is 0 Å². The number of benzene rings is 2. The van der Waals surface area contributed by atoms with Crippen LogP contribution in [0.2, 0.25) is 5.02 Å². The summed E-state index contributed by atoms with van der Waals surface area (Å²) < 4.78 is 5.23. The van der Waals surface area contributed by atoms with E-state index in [0.29, 0.717) is 22.0 Å². The first-order chi connectivity index (χ1) is 15.5. The number of carbonyl (C=O) groups excluding carboxylic acids is 3. The molecule has 2 aromatic carbocycles. The molecule has 0 spiro atoms. The predicted molar refractivity (Wildman–Crippen MR) is 119 cm³/mol. The molecule has 0 aliphatic carbocycles. The van der Waals surface area contributed by atoms with Gasteiger partial charge in [0.1, 0.15) is 11.8 Å². The first kappa shape index (κ1) is 21.5. The second kappa shape index (κ2) is 9.20. The Morgan fingerprint density at radius 3 is 2.62 bits per heavy atom. The van der Waals surface area contributed by atoms with Crippen LogP contribution in [-0.4, -0.2) is 40.8 Å². The predicted octanol–water partition coefficient (Wildman–Crippen LogP) is 3.72. The van der Waals surface area contributed by atoms with Gasteiger partial charge in [-0.2, -0.15) is 0 Å². The van der Waals surface area contributed by atoms with E-state index in [2.05, 4.69) is 4.98 Å². The van der Waals surface area contributed by atoms with E-state index in [9.17, 15) is 14.4 Å². The quantitative estimate of drug-likeness (QED) is 0.536. The molecule has 7 nitrogen and oxygen atoms in total. The van der Waals surface area contributed by atoms with E-state index in [0.717, 1.165) is 10.5 Å². The summed E-state index contributed by atoms with van der Waals surface area (Å²) in [7, 11) is 1.51. The number of hydrogen-bond donors (Lipinski definition) is 0. The lowest BCUT2D eigenvalue weighted by Crippen LogP contribution is -2.45. The SMILES string of the molecule is COc1cccc(C(=O)N(Cc2cccnc2)C2CC(=O)N(c3ccc(Cl)cc3)C2=O)c1. The van der Waals surface area contributed by atoms with Crippen LogP contribution in [0, 0.1) is 0 Å². The number of methoxy groups -OCH3 is 1. The zero-order chi connectivity index (χ0) is 22.7. The van der Waals surface area contributed by atoms with E-state index in [1.807, 2.05) is 6.07 Å². The Labute approximate surface area is 190 Å². The molecule has 1 saturated heterocycles. The minimum atomic E-state index is -0.947. The Kier molecular flexibility index (Phi) is 6.18. The van der Waals surface area contributed by atoms with E-state index in [-0.39, 0.29) is 24.8 Å². The molecule has 162 valence electrons. The Balaban J connectivity index is 1.69. The number of nitrogens with zero attached hydrogens (tertiary/aromatic N) is 3. The second-order valence-corrected chi connectivity index (χ2v) is 7.73. The Morgan fingerprint density at radius 2 is 1.94 bits per heavy atom. The number of amides is 3. The molecule has 0 radical (unpaired) electrons. The summed E-state index contributed by atoms with van der Waals surface area (Å²) in [6.45, 7) is 0.127. The molecule has 3 aromatic rings. The van der Waals surface area contributed by atoms with Crippen LogP contribution < -0.4 is 9.64 Å². The van der Waals surface area contributed by atoms with Crippen LogP contribution in [0.3, 0.4) is 0 Å². The highest BCUT2D eigenvalue weighted by molar-refractivity contribution is 6.31. The zero-order valence-corrected chi connectivity index (χ0v) is 18.0. The molecule has 4 rings (SSSR count). The smallest absolute Gasteiger partial charge is 0.257 e. The van der Waals surface area contributed by atoms with Crippen molar-refractivity contribution in [1.82, 2.24) is 9.88 Å². The monoisotopic (exact) mass is 449 g/mol. The van der Waals surface area contributed by atoms with Gasteiger partial charge in [-0.05, 0) is 54.1 Å². The van der Waals surface area contributed by atoms with E-state index in [1.54, 1.807) is 67.0 Å². The first-order valence-electron chi connectivity index (χ1n) is 9.94. The Morgan fingerprint density at radius 1 is 1.16 bits per heavy atom.